The minimum atomic E-state index is -0.114. The largest absolute Gasteiger partial charge is 0.497 e. The van der Waals surface area contributed by atoms with Crippen molar-refractivity contribution < 1.29 is 9.53 Å². The second-order valence-electron chi connectivity index (χ2n) is 4.48. The van der Waals surface area contributed by atoms with Crippen molar-refractivity contribution in [1.29, 1.82) is 5.26 Å². The molecule has 0 saturated carbocycles. The predicted molar refractivity (Wildman–Crippen MR) is 90.7 cm³/mol. The fourth-order valence-corrected chi connectivity index (χ4v) is 2.60. The molecule has 0 aliphatic heterocycles. The van der Waals surface area contributed by atoms with Gasteiger partial charge in [0.25, 0.3) is 0 Å². The average molecular weight is 319 g/mol. The highest BCUT2D eigenvalue weighted by molar-refractivity contribution is 8.03. The van der Waals surface area contributed by atoms with E-state index in [1.165, 1.54) is 11.8 Å². The number of rotatable bonds is 8. The van der Waals surface area contributed by atoms with Gasteiger partial charge < -0.3 is 15.4 Å². The lowest BCUT2D eigenvalue weighted by Crippen LogP contribution is -2.16. The van der Waals surface area contributed by atoms with E-state index in [0.29, 0.717) is 12.0 Å². The van der Waals surface area contributed by atoms with Gasteiger partial charge in [0, 0.05) is 12.7 Å². The van der Waals surface area contributed by atoms with E-state index in [1.807, 2.05) is 6.92 Å². The third kappa shape index (κ3) is 5.70. The Bertz CT molecular complexity index is 562. The number of thioether (sulfide) groups is 1. The highest BCUT2D eigenvalue weighted by Crippen LogP contribution is 2.20. The first-order valence-corrected chi connectivity index (χ1v) is 8.00. The molecule has 1 aromatic rings. The van der Waals surface area contributed by atoms with Gasteiger partial charge >= 0.3 is 0 Å². The number of ether oxygens (including phenoxy) is 1. The van der Waals surface area contributed by atoms with Crippen LogP contribution in [0.3, 0.4) is 0 Å². The van der Waals surface area contributed by atoms with Gasteiger partial charge in [0.1, 0.15) is 5.75 Å². The fraction of sp³-hybridized carbons (Fsp3) is 0.375. The summed E-state index contributed by atoms with van der Waals surface area (Å²) in [5.41, 5.74) is 1.41. The molecule has 118 valence electrons. The molecule has 0 heterocycles. The Morgan fingerprint density at radius 1 is 1.36 bits per heavy atom. The lowest BCUT2D eigenvalue weighted by molar-refractivity contribution is -0.113. The summed E-state index contributed by atoms with van der Waals surface area (Å²) < 4.78 is 5.07. The van der Waals surface area contributed by atoms with Crippen molar-refractivity contribution in [1.82, 2.24) is 5.32 Å². The standard InChI is InChI=1S/C16H21N3O2S/c1-4-5-12(10-17)16(18-2)22-11-15(20)19-13-6-8-14(21-3)9-7-13/h6-9,18H,4-5,11H2,1-3H3,(H,19,20)/b16-12-. The van der Waals surface area contributed by atoms with Crippen LogP contribution in [0, 0.1) is 11.3 Å². The summed E-state index contributed by atoms with van der Waals surface area (Å²) in [6.45, 7) is 2.02. The van der Waals surface area contributed by atoms with Gasteiger partial charge in [0.2, 0.25) is 5.91 Å². The van der Waals surface area contributed by atoms with Crippen molar-refractivity contribution in [3.8, 4) is 11.8 Å². The molecule has 5 nitrogen and oxygen atoms in total. The predicted octanol–water partition coefficient (Wildman–Crippen LogP) is 3.12. The quantitative estimate of drug-likeness (QED) is 0.720. The second-order valence-corrected chi connectivity index (χ2v) is 5.47. The number of amides is 1. The van der Waals surface area contributed by atoms with E-state index in [9.17, 15) is 4.79 Å². The van der Waals surface area contributed by atoms with Crippen molar-refractivity contribution in [3.05, 3.63) is 34.9 Å². The summed E-state index contributed by atoms with van der Waals surface area (Å²) in [7, 11) is 3.36. The van der Waals surface area contributed by atoms with Gasteiger partial charge in [-0.05, 0) is 30.7 Å². The zero-order chi connectivity index (χ0) is 16.4. The summed E-state index contributed by atoms with van der Waals surface area (Å²) in [6, 6.07) is 9.34. The van der Waals surface area contributed by atoms with Crippen LogP contribution in [0.5, 0.6) is 5.75 Å². The molecule has 0 aliphatic rings. The van der Waals surface area contributed by atoms with Gasteiger partial charge in [0.15, 0.2) is 0 Å². The number of nitriles is 1. The zero-order valence-corrected chi connectivity index (χ0v) is 13.9. The van der Waals surface area contributed by atoms with Crippen LogP contribution in [-0.2, 0) is 4.79 Å². The van der Waals surface area contributed by atoms with Crippen LogP contribution >= 0.6 is 11.8 Å². The van der Waals surface area contributed by atoms with Gasteiger partial charge in [0.05, 0.1) is 29.5 Å². The highest BCUT2D eigenvalue weighted by Gasteiger charge is 2.09. The molecular weight excluding hydrogens is 298 g/mol. The van der Waals surface area contributed by atoms with Gasteiger partial charge in [-0.3, -0.25) is 4.79 Å². The number of carbonyl (C=O) groups excluding carboxylic acids is 1. The molecule has 0 bridgehead atoms. The number of carbonyl (C=O) groups is 1. The number of benzene rings is 1. The molecule has 1 amide bonds. The molecule has 1 rings (SSSR count). The van der Waals surface area contributed by atoms with Crippen LogP contribution in [0.4, 0.5) is 5.69 Å². The summed E-state index contributed by atoms with van der Waals surface area (Å²) >= 11 is 1.34. The number of methoxy groups -OCH3 is 1. The second kappa shape index (κ2) is 9.74. The number of anilines is 1. The van der Waals surface area contributed by atoms with Gasteiger partial charge in [-0.1, -0.05) is 25.1 Å². The lowest BCUT2D eigenvalue weighted by atomic mass is 10.2. The number of allylic oxidation sites excluding steroid dienone is 1. The smallest absolute Gasteiger partial charge is 0.234 e. The van der Waals surface area contributed by atoms with Crippen LogP contribution in [0.2, 0.25) is 0 Å². The first-order valence-electron chi connectivity index (χ1n) is 7.02. The van der Waals surface area contributed by atoms with Crippen molar-refractivity contribution >= 4 is 23.4 Å². The Balaban J connectivity index is 2.59. The number of hydrogen-bond acceptors (Lipinski definition) is 5. The molecule has 1 aromatic carbocycles. The van der Waals surface area contributed by atoms with Crippen LogP contribution < -0.4 is 15.4 Å². The Morgan fingerprint density at radius 3 is 2.55 bits per heavy atom. The van der Waals surface area contributed by atoms with Crippen LogP contribution in [-0.4, -0.2) is 25.8 Å². The van der Waals surface area contributed by atoms with E-state index < -0.39 is 0 Å². The van der Waals surface area contributed by atoms with Crippen molar-refractivity contribution in [2.75, 3.05) is 25.2 Å². The molecule has 0 unspecified atom stereocenters. The van der Waals surface area contributed by atoms with Gasteiger partial charge in [-0.2, -0.15) is 5.26 Å². The highest BCUT2D eigenvalue weighted by atomic mass is 32.2. The maximum absolute atomic E-state index is 12.0. The van der Waals surface area contributed by atoms with Crippen molar-refractivity contribution in [2.45, 2.75) is 19.8 Å². The normalized spacial score (nSPS) is 11.2. The molecule has 22 heavy (non-hydrogen) atoms. The van der Waals surface area contributed by atoms with Gasteiger partial charge in [-0.15, -0.1) is 0 Å². The third-order valence-corrected chi connectivity index (χ3v) is 4.00. The molecule has 6 heteroatoms. The minimum Gasteiger partial charge on any atom is -0.497 e. The van der Waals surface area contributed by atoms with Crippen LogP contribution in [0.15, 0.2) is 34.9 Å². The van der Waals surface area contributed by atoms with Crippen LogP contribution in [0.1, 0.15) is 19.8 Å². The van der Waals surface area contributed by atoms with E-state index in [2.05, 4.69) is 16.7 Å². The number of hydrogen-bond donors (Lipinski definition) is 2. The van der Waals surface area contributed by atoms with Crippen LogP contribution in [0.25, 0.3) is 0 Å². The Kier molecular flexibility index (Phi) is 7.94. The Labute approximate surface area is 135 Å². The lowest BCUT2D eigenvalue weighted by Gasteiger charge is -2.10. The van der Waals surface area contributed by atoms with Gasteiger partial charge in [-0.25, -0.2) is 0 Å². The molecule has 0 fully saturated rings. The monoisotopic (exact) mass is 319 g/mol. The Morgan fingerprint density at radius 2 is 2.05 bits per heavy atom. The van der Waals surface area contributed by atoms with Crippen molar-refractivity contribution in [3.63, 3.8) is 0 Å². The summed E-state index contributed by atoms with van der Waals surface area (Å²) in [5, 5.41) is 15.7. The molecule has 0 aliphatic carbocycles. The van der Waals surface area contributed by atoms with E-state index in [-0.39, 0.29) is 11.7 Å². The third-order valence-electron chi connectivity index (χ3n) is 2.86. The molecular formula is C16H21N3O2S. The molecule has 0 atom stereocenters. The van der Waals surface area contributed by atoms with E-state index in [4.69, 9.17) is 10.00 Å². The SMILES string of the molecule is CCC/C(C#N)=C(\NC)SCC(=O)Nc1ccc(OC)cc1. The average Bonchev–Trinajstić information content (AvgIpc) is 2.55. The molecule has 2 N–H and O–H groups in total. The van der Waals surface area contributed by atoms with E-state index in [0.717, 1.165) is 22.9 Å². The molecule has 0 saturated heterocycles. The molecule has 0 aromatic heterocycles. The van der Waals surface area contributed by atoms with E-state index in [1.54, 1.807) is 38.4 Å². The number of nitrogens with zero attached hydrogens (tertiary/aromatic N) is 1. The summed E-state index contributed by atoms with van der Waals surface area (Å²) in [6.07, 6.45) is 1.60. The fourth-order valence-electron chi connectivity index (χ4n) is 1.79. The molecule has 0 radical (unpaired) electrons. The van der Waals surface area contributed by atoms with E-state index >= 15 is 0 Å². The Hall–Kier alpha value is -2.13. The van der Waals surface area contributed by atoms with Crippen molar-refractivity contribution in [2.24, 2.45) is 0 Å². The summed E-state index contributed by atoms with van der Waals surface area (Å²) in [5.74, 6) is 0.875. The number of nitrogens with one attached hydrogen (secondary N) is 2. The topological polar surface area (TPSA) is 74.2 Å². The first-order chi connectivity index (χ1) is 10.6. The zero-order valence-electron chi connectivity index (χ0n) is 13.1. The maximum atomic E-state index is 12.0. The maximum Gasteiger partial charge on any atom is 0.234 e. The minimum absolute atomic E-state index is 0.114. The summed E-state index contributed by atoms with van der Waals surface area (Å²) in [4.78, 5) is 12.0. The molecule has 0 spiro atoms. The first kappa shape index (κ1) is 17.9.